The summed E-state index contributed by atoms with van der Waals surface area (Å²) in [5.74, 6) is 0.679. The van der Waals surface area contributed by atoms with E-state index in [0.29, 0.717) is 5.82 Å². The van der Waals surface area contributed by atoms with Gasteiger partial charge in [-0.3, -0.25) is 0 Å². The number of benzene rings is 7. The van der Waals surface area contributed by atoms with E-state index in [-0.39, 0.29) is 0 Å². The zero-order valence-corrected chi connectivity index (χ0v) is 27.8. The first-order chi connectivity index (χ1) is 25.3. The zero-order valence-electron chi connectivity index (χ0n) is 27.0. The molecule has 12 aromatic rings. The third kappa shape index (κ3) is 3.71. The molecule has 51 heavy (non-hydrogen) atoms. The van der Waals surface area contributed by atoms with Crippen LogP contribution in [0.2, 0.25) is 0 Å². The van der Waals surface area contributed by atoms with E-state index < -0.39 is 0 Å². The van der Waals surface area contributed by atoms with E-state index in [0.717, 1.165) is 66.3 Å². The number of nitrogens with zero attached hydrogens (tertiary/aromatic N) is 4. The van der Waals surface area contributed by atoms with Gasteiger partial charge in [0.05, 0.1) is 43.5 Å². The Hall–Kier alpha value is -6.63. The smallest absolute Gasteiger partial charge is 0.160 e. The van der Waals surface area contributed by atoms with Gasteiger partial charge in [-0.05, 0) is 59.7 Å². The van der Waals surface area contributed by atoms with Gasteiger partial charge in [-0.1, -0.05) is 91.0 Å². The number of rotatable bonds is 3. The Bertz CT molecular complexity index is 3390. The van der Waals surface area contributed by atoms with Crippen molar-refractivity contribution in [2.45, 2.75) is 0 Å². The predicted octanol–water partition coefficient (Wildman–Crippen LogP) is 12.3. The van der Waals surface area contributed by atoms with Crippen LogP contribution in [-0.4, -0.2) is 19.4 Å². The van der Waals surface area contributed by atoms with Crippen LogP contribution in [0, 0.1) is 0 Å². The number of aromatic nitrogens is 4. The normalized spacial score (nSPS) is 12.3. The molecule has 0 fully saturated rings. The van der Waals surface area contributed by atoms with E-state index >= 15 is 0 Å². The molecule has 0 atom stereocenters. The van der Waals surface area contributed by atoms with Crippen LogP contribution >= 0.6 is 11.3 Å². The first-order valence-corrected chi connectivity index (χ1v) is 17.9. The topological polar surface area (TPSA) is 56.2 Å². The van der Waals surface area contributed by atoms with Gasteiger partial charge in [-0.15, -0.1) is 11.3 Å². The minimum atomic E-state index is 0.679. The lowest BCUT2D eigenvalue weighted by molar-refractivity contribution is 0.670. The summed E-state index contributed by atoms with van der Waals surface area (Å²) in [6.45, 7) is 0. The summed E-state index contributed by atoms with van der Waals surface area (Å²) >= 11 is 1.72. The van der Waals surface area contributed by atoms with Crippen molar-refractivity contribution >= 4 is 92.5 Å². The molecule has 12 rings (SSSR count). The van der Waals surface area contributed by atoms with Crippen LogP contribution in [0.1, 0.15) is 0 Å². The number of hydrogen-bond donors (Lipinski definition) is 0. The minimum absolute atomic E-state index is 0.679. The fourth-order valence-electron chi connectivity index (χ4n) is 8.24. The van der Waals surface area contributed by atoms with E-state index in [1.807, 2.05) is 29.8 Å². The van der Waals surface area contributed by atoms with Crippen LogP contribution in [0.4, 0.5) is 0 Å². The lowest BCUT2D eigenvalue weighted by atomic mass is 9.99. The minimum Gasteiger partial charge on any atom is -0.455 e. The van der Waals surface area contributed by atoms with Crippen molar-refractivity contribution in [3.63, 3.8) is 0 Å². The maximum Gasteiger partial charge on any atom is 0.160 e. The monoisotopic (exact) mass is 668 g/mol. The summed E-state index contributed by atoms with van der Waals surface area (Å²) in [6.07, 6.45) is 0. The second kappa shape index (κ2) is 9.97. The molecule has 5 nitrogen and oxygen atoms in total. The molecule has 0 spiro atoms. The summed E-state index contributed by atoms with van der Waals surface area (Å²) < 4.78 is 10.1. The van der Waals surface area contributed by atoms with Crippen molar-refractivity contribution in [3.05, 3.63) is 145 Å². The van der Waals surface area contributed by atoms with Crippen LogP contribution in [0.3, 0.4) is 0 Å². The molecule has 0 radical (unpaired) electrons. The molecule has 5 aromatic heterocycles. The van der Waals surface area contributed by atoms with Gasteiger partial charge in [0, 0.05) is 48.8 Å². The van der Waals surface area contributed by atoms with Crippen LogP contribution in [0.15, 0.2) is 149 Å². The van der Waals surface area contributed by atoms with Crippen molar-refractivity contribution in [1.29, 1.82) is 0 Å². The number of hydrogen-bond acceptors (Lipinski definition) is 5. The van der Waals surface area contributed by atoms with Gasteiger partial charge in [-0.25, -0.2) is 15.0 Å². The fraction of sp³-hybridized carbons (Fsp3) is 0. The van der Waals surface area contributed by atoms with Gasteiger partial charge in [-0.2, -0.15) is 0 Å². The standard InChI is InChI=1S/C45H24N4OS/c1-4-16-35-31(13-1)41(32-15-8-14-30-29-12-3-6-18-39(29)50-43(30)32)48-45(47-35)27-10-7-9-25(21-27)26-19-20-38-34(22-26)40-42-33(23-36-44(40)51-24-46-36)28-11-2-5-17-37(28)49(38)42/h1-24H. The van der Waals surface area contributed by atoms with Crippen LogP contribution in [-0.2, 0) is 0 Å². The molecule has 0 saturated heterocycles. The SMILES string of the molecule is c1cc(-c2ccc3c(c2)c2c4scnc4cc4c5ccccc5n3c42)cc(-c2nc(-c3cccc4c3oc3ccccc34)c3ccccc3n2)c1. The molecule has 0 unspecified atom stereocenters. The molecule has 5 heterocycles. The molecule has 7 aromatic carbocycles. The number of thiazole rings is 1. The second-order valence-corrected chi connectivity index (χ2v) is 14.1. The molecule has 0 aliphatic heterocycles. The molecular weight excluding hydrogens is 645 g/mol. The second-order valence-electron chi connectivity index (χ2n) is 13.2. The molecule has 0 aliphatic carbocycles. The molecule has 0 amide bonds. The van der Waals surface area contributed by atoms with Gasteiger partial charge in [0.2, 0.25) is 0 Å². The highest BCUT2D eigenvalue weighted by atomic mass is 32.1. The summed E-state index contributed by atoms with van der Waals surface area (Å²) in [5, 5.41) is 8.20. The molecule has 6 heteroatoms. The van der Waals surface area contributed by atoms with E-state index in [4.69, 9.17) is 19.4 Å². The maximum atomic E-state index is 6.46. The molecule has 0 aliphatic rings. The van der Waals surface area contributed by atoms with Crippen molar-refractivity contribution in [3.8, 4) is 33.8 Å². The Kier molecular flexibility index (Phi) is 5.32. The van der Waals surface area contributed by atoms with E-state index in [1.54, 1.807) is 11.3 Å². The van der Waals surface area contributed by atoms with Crippen molar-refractivity contribution in [2.24, 2.45) is 0 Å². The van der Waals surface area contributed by atoms with Crippen molar-refractivity contribution < 1.29 is 4.42 Å². The Morgan fingerprint density at radius 3 is 2.25 bits per heavy atom. The Balaban J connectivity index is 1.06. The van der Waals surface area contributed by atoms with Crippen LogP contribution in [0.5, 0.6) is 0 Å². The average Bonchev–Trinajstić information content (AvgIpc) is 3.97. The highest BCUT2D eigenvalue weighted by molar-refractivity contribution is 7.18. The molecule has 0 N–H and O–H groups in total. The van der Waals surface area contributed by atoms with Gasteiger partial charge < -0.3 is 8.82 Å². The van der Waals surface area contributed by atoms with Crippen LogP contribution in [0.25, 0.3) is 115 Å². The lowest BCUT2D eigenvalue weighted by Crippen LogP contribution is -1.95. The number of furan rings is 1. The fourth-order valence-corrected chi connectivity index (χ4v) is 9.07. The molecule has 236 valence electrons. The largest absolute Gasteiger partial charge is 0.455 e. The first-order valence-electron chi connectivity index (χ1n) is 17.0. The maximum absolute atomic E-state index is 6.46. The average molecular weight is 669 g/mol. The lowest BCUT2D eigenvalue weighted by Gasteiger charge is -2.11. The Morgan fingerprint density at radius 2 is 1.29 bits per heavy atom. The molecular formula is C45H24N4OS. The van der Waals surface area contributed by atoms with Gasteiger partial charge >= 0.3 is 0 Å². The van der Waals surface area contributed by atoms with E-state index in [9.17, 15) is 0 Å². The summed E-state index contributed by atoms with van der Waals surface area (Å²) in [6, 6.07) is 49.1. The number of fused-ring (bicyclic) bond motifs is 12. The third-order valence-corrected chi connectivity index (χ3v) is 11.3. The van der Waals surface area contributed by atoms with Gasteiger partial charge in [0.25, 0.3) is 0 Å². The summed E-state index contributed by atoms with van der Waals surface area (Å²) in [4.78, 5) is 15.1. The third-order valence-electron chi connectivity index (χ3n) is 10.5. The van der Waals surface area contributed by atoms with E-state index in [2.05, 4.69) is 120 Å². The zero-order chi connectivity index (χ0) is 33.2. The summed E-state index contributed by atoms with van der Waals surface area (Å²) in [5.41, 5.74) is 14.3. The van der Waals surface area contributed by atoms with Gasteiger partial charge in [0.1, 0.15) is 11.2 Å². The van der Waals surface area contributed by atoms with Gasteiger partial charge in [0.15, 0.2) is 5.82 Å². The van der Waals surface area contributed by atoms with Crippen LogP contribution < -0.4 is 0 Å². The predicted molar refractivity (Wildman–Crippen MR) is 211 cm³/mol. The first kappa shape index (κ1) is 27.2. The summed E-state index contributed by atoms with van der Waals surface area (Å²) in [7, 11) is 0. The van der Waals surface area contributed by atoms with Crippen molar-refractivity contribution in [1.82, 2.24) is 19.4 Å². The highest BCUT2D eigenvalue weighted by Crippen LogP contribution is 2.45. The molecule has 0 saturated carbocycles. The van der Waals surface area contributed by atoms with E-state index in [1.165, 1.54) is 42.8 Å². The Labute approximate surface area is 294 Å². The highest BCUT2D eigenvalue weighted by Gasteiger charge is 2.22. The quantitative estimate of drug-likeness (QED) is 0.188. The number of para-hydroxylation sites is 4. The Morgan fingerprint density at radius 1 is 0.529 bits per heavy atom. The van der Waals surface area contributed by atoms with Crippen molar-refractivity contribution in [2.75, 3.05) is 0 Å². The molecule has 0 bridgehead atoms.